The Balaban J connectivity index is 0.00000161. The fourth-order valence-electron chi connectivity index (χ4n) is 3.19. The van der Waals surface area contributed by atoms with Crippen LogP contribution in [0.15, 0.2) is 24.3 Å². The summed E-state index contributed by atoms with van der Waals surface area (Å²) in [5, 5.41) is 3.65. The van der Waals surface area contributed by atoms with Crippen LogP contribution in [0.3, 0.4) is 0 Å². The summed E-state index contributed by atoms with van der Waals surface area (Å²) in [5.41, 5.74) is 1.14. The van der Waals surface area contributed by atoms with Gasteiger partial charge in [-0.15, -0.1) is 12.4 Å². The maximum atomic E-state index is 12.1. The molecule has 2 bridgehead atoms. The van der Waals surface area contributed by atoms with E-state index < -0.39 is 6.61 Å². The van der Waals surface area contributed by atoms with Gasteiger partial charge in [0, 0.05) is 31.7 Å². The predicted octanol–water partition coefficient (Wildman–Crippen LogP) is 3.04. The van der Waals surface area contributed by atoms with Crippen LogP contribution in [-0.2, 0) is 6.54 Å². The Labute approximate surface area is 130 Å². The van der Waals surface area contributed by atoms with Gasteiger partial charge in [0.1, 0.15) is 5.75 Å². The first-order valence-electron chi connectivity index (χ1n) is 7.21. The van der Waals surface area contributed by atoms with Gasteiger partial charge in [-0.2, -0.15) is 8.78 Å². The molecule has 6 heteroatoms. The lowest BCUT2D eigenvalue weighted by Crippen LogP contribution is -2.34. The van der Waals surface area contributed by atoms with Crippen LogP contribution in [0.25, 0.3) is 0 Å². The molecule has 2 aliphatic rings. The summed E-state index contributed by atoms with van der Waals surface area (Å²) in [4.78, 5) is 2.44. The third kappa shape index (κ3) is 4.53. The van der Waals surface area contributed by atoms with E-state index in [-0.39, 0.29) is 18.2 Å². The second-order valence-electron chi connectivity index (χ2n) is 5.68. The van der Waals surface area contributed by atoms with Crippen molar-refractivity contribution in [2.75, 3.05) is 13.1 Å². The molecule has 2 fully saturated rings. The molecule has 118 valence electrons. The zero-order valence-corrected chi connectivity index (χ0v) is 12.6. The minimum Gasteiger partial charge on any atom is -0.435 e. The van der Waals surface area contributed by atoms with Crippen molar-refractivity contribution in [3.05, 3.63) is 29.8 Å². The van der Waals surface area contributed by atoms with Crippen LogP contribution < -0.4 is 10.1 Å². The summed E-state index contributed by atoms with van der Waals surface area (Å²) in [6, 6.07) is 8.27. The van der Waals surface area contributed by atoms with Crippen LogP contribution >= 0.6 is 12.4 Å². The molecule has 2 heterocycles. The van der Waals surface area contributed by atoms with Crippen LogP contribution in [0.2, 0.25) is 0 Å². The molecule has 2 aliphatic heterocycles. The second kappa shape index (κ2) is 7.38. The molecule has 2 saturated heterocycles. The zero-order valence-electron chi connectivity index (χ0n) is 11.8. The molecule has 0 saturated carbocycles. The summed E-state index contributed by atoms with van der Waals surface area (Å²) in [6.45, 7) is 0.294. The average Bonchev–Trinajstić information content (AvgIpc) is 2.74. The molecule has 3 rings (SSSR count). The van der Waals surface area contributed by atoms with E-state index in [1.54, 1.807) is 12.1 Å². The van der Waals surface area contributed by atoms with Gasteiger partial charge >= 0.3 is 6.61 Å². The third-order valence-electron chi connectivity index (χ3n) is 4.16. The Hall–Kier alpha value is -0.910. The molecule has 0 amide bonds. The van der Waals surface area contributed by atoms with Crippen molar-refractivity contribution in [1.29, 1.82) is 0 Å². The van der Waals surface area contributed by atoms with Crippen molar-refractivity contribution < 1.29 is 13.5 Å². The maximum Gasteiger partial charge on any atom is 0.387 e. The number of rotatable bonds is 4. The van der Waals surface area contributed by atoms with Gasteiger partial charge in [0.05, 0.1) is 0 Å². The quantitative estimate of drug-likeness (QED) is 0.923. The molecule has 1 aromatic carbocycles. The summed E-state index contributed by atoms with van der Waals surface area (Å²) < 4.78 is 28.5. The molecule has 21 heavy (non-hydrogen) atoms. The van der Waals surface area contributed by atoms with Gasteiger partial charge < -0.3 is 10.1 Å². The second-order valence-corrected chi connectivity index (χ2v) is 5.68. The molecule has 2 atom stereocenters. The minimum absolute atomic E-state index is 0. The Bertz CT molecular complexity index is 444. The first kappa shape index (κ1) is 16.5. The van der Waals surface area contributed by atoms with Crippen molar-refractivity contribution in [3.63, 3.8) is 0 Å². The van der Waals surface area contributed by atoms with E-state index in [1.807, 2.05) is 12.1 Å². The standard InChI is InChI=1S/C15H20F2N2O.ClH/c16-15(17)20-14-5-1-11(2-6-14)9-19-8-7-12-3-4-13(10-19)18-12;/h1-2,5-6,12-13,15,18H,3-4,7-10H2;1H. The van der Waals surface area contributed by atoms with Gasteiger partial charge in [0.2, 0.25) is 0 Å². The zero-order chi connectivity index (χ0) is 13.9. The first-order valence-corrected chi connectivity index (χ1v) is 7.21. The number of ether oxygens (including phenoxy) is 1. The van der Waals surface area contributed by atoms with Gasteiger partial charge in [-0.05, 0) is 37.0 Å². The average molecular weight is 319 g/mol. The molecule has 0 aliphatic carbocycles. The molecule has 0 spiro atoms. The largest absolute Gasteiger partial charge is 0.435 e. The monoisotopic (exact) mass is 318 g/mol. The summed E-state index contributed by atoms with van der Waals surface area (Å²) in [5.74, 6) is 0.223. The molecule has 0 aromatic heterocycles. The summed E-state index contributed by atoms with van der Waals surface area (Å²) in [7, 11) is 0. The lowest BCUT2D eigenvalue weighted by Gasteiger charge is -2.24. The van der Waals surface area contributed by atoms with E-state index in [4.69, 9.17) is 0 Å². The van der Waals surface area contributed by atoms with Gasteiger partial charge in [0.25, 0.3) is 0 Å². The van der Waals surface area contributed by atoms with Gasteiger partial charge in [0.15, 0.2) is 0 Å². The van der Waals surface area contributed by atoms with E-state index in [0.29, 0.717) is 12.1 Å². The molecule has 0 radical (unpaired) electrons. The van der Waals surface area contributed by atoms with Crippen LogP contribution in [-0.4, -0.2) is 36.7 Å². The number of alkyl halides is 2. The fraction of sp³-hybridized carbons (Fsp3) is 0.600. The lowest BCUT2D eigenvalue weighted by molar-refractivity contribution is -0.0498. The highest BCUT2D eigenvalue weighted by atomic mass is 35.5. The van der Waals surface area contributed by atoms with Gasteiger partial charge in [-0.3, -0.25) is 4.90 Å². The van der Waals surface area contributed by atoms with Crippen LogP contribution in [0, 0.1) is 0 Å². The normalized spacial score (nSPS) is 25.5. The van der Waals surface area contributed by atoms with Crippen molar-refractivity contribution in [2.24, 2.45) is 0 Å². The summed E-state index contributed by atoms with van der Waals surface area (Å²) >= 11 is 0. The van der Waals surface area contributed by atoms with Crippen molar-refractivity contribution in [2.45, 2.75) is 44.5 Å². The number of halogens is 3. The molecular weight excluding hydrogens is 298 g/mol. The first-order chi connectivity index (χ1) is 9.69. The van der Waals surface area contributed by atoms with Gasteiger partial charge in [-0.1, -0.05) is 12.1 Å². The SMILES string of the molecule is Cl.FC(F)Oc1ccc(CN2CCC3CCC(C2)N3)cc1. The van der Waals surface area contributed by atoms with E-state index in [1.165, 1.54) is 19.3 Å². The number of fused-ring (bicyclic) bond motifs is 2. The Kier molecular flexibility index (Phi) is 5.79. The Morgan fingerprint density at radius 1 is 1.14 bits per heavy atom. The van der Waals surface area contributed by atoms with Crippen molar-refractivity contribution in [1.82, 2.24) is 10.2 Å². The lowest BCUT2D eigenvalue weighted by atomic mass is 10.1. The molecule has 3 nitrogen and oxygen atoms in total. The van der Waals surface area contributed by atoms with Gasteiger partial charge in [-0.25, -0.2) is 0 Å². The third-order valence-corrected chi connectivity index (χ3v) is 4.16. The van der Waals surface area contributed by atoms with Crippen LogP contribution in [0.5, 0.6) is 5.75 Å². The number of hydrogen-bond donors (Lipinski definition) is 1. The number of nitrogens with zero attached hydrogens (tertiary/aromatic N) is 1. The summed E-state index contributed by atoms with van der Waals surface area (Å²) in [6.07, 6.45) is 3.77. The highest BCUT2D eigenvalue weighted by molar-refractivity contribution is 5.85. The smallest absolute Gasteiger partial charge is 0.387 e. The topological polar surface area (TPSA) is 24.5 Å². The molecule has 1 aromatic rings. The number of hydrogen-bond acceptors (Lipinski definition) is 3. The van der Waals surface area contributed by atoms with Crippen LogP contribution in [0.4, 0.5) is 8.78 Å². The predicted molar refractivity (Wildman–Crippen MR) is 80.2 cm³/mol. The number of benzene rings is 1. The van der Waals surface area contributed by atoms with Crippen LogP contribution in [0.1, 0.15) is 24.8 Å². The Morgan fingerprint density at radius 2 is 1.86 bits per heavy atom. The van der Waals surface area contributed by atoms with E-state index in [9.17, 15) is 8.78 Å². The highest BCUT2D eigenvalue weighted by Crippen LogP contribution is 2.22. The Morgan fingerprint density at radius 3 is 2.57 bits per heavy atom. The number of likely N-dealkylation sites (tertiary alicyclic amines) is 1. The molecule has 1 N–H and O–H groups in total. The highest BCUT2D eigenvalue weighted by Gasteiger charge is 2.28. The molecular formula is C15H21ClF2N2O. The number of nitrogens with one attached hydrogen (secondary N) is 1. The van der Waals surface area contributed by atoms with E-state index in [2.05, 4.69) is 15.0 Å². The molecule has 2 unspecified atom stereocenters. The van der Waals surface area contributed by atoms with Crippen molar-refractivity contribution in [3.8, 4) is 5.75 Å². The fourth-order valence-corrected chi connectivity index (χ4v) is 3.19. The maximum absolute atomic E-state index is 12.1. The van der Waals surface area contributed by atoms with E-state index >= 15 is 0 Å². The van der Waals surface area contributed by atoms with E-state index in [0.717, 1.165) is 25.2 Å². The van der Waals surface area contributed by atoms with Crippen molar-refractivity contribution >= 4 is 12.4 Å². The minimum atomic E-state index is -2.76.